The van der Waals surface area contributed by atoms with E-state index in [2.05, 4.69) is 15.3 Å². The van der Waals surface area contributed by atoms with E-state index in [4.69, 9.17) is 16.3 Å². The third-order valence-corrected chi connectivity index (χ3v) is 5.13. The summed E-state index contributed by atoms with van der Waals surface area (Å²) in [5, 5.41) is 2.38. The van der Waals surface area contributed by atoms with Crippen LogP contribution < -0.4 is 15.1 Å². The van der Waals surface area contributed by atoms with Crippen LogP contribution in [0.1, 0.15) is 6.42 Å². The first-order valence-electron chi connectivity index (χ1n) is 9.31. The van der Waals surface area contributed by atoms with Gasteiger partial charge in [-0.2, -0.15) is 0 Å². The highest BCUT2D eigenvalue weighted by Crippen LogP contribution is 2.29. The fourth-order valence-electron chi connectivity index (χ4n) is 3.20. The number of carbonyl (C=O) groups excluding carboxylic acids is 1. The number of dihydropyridines is 1. The van der Waals surface area contributed by atoms with Crippen LogP contribution in [0, 0.1) is 0 Å². The quantitative estimate of drug-likeness (QED) is 0.738. The van der Waals surface area contributed by atoms with Crippen molar-refractivity contribution in [3.05, 3.63) is 47.3 Å². The Morgan fingerprint density at radius 3 is 2.79 bits per heavy atom. The van der Waals surface area contributed by atoms with Crippen LogP contribution in [0.2, 0.25) is 5.02 Å². The van der Waals surface area contributed by atoms with E-state index in [0.29, 0.717) is 23.9 Å². The third kappa shape index (κ3) is 5.05. The number of nitrogens with zero attached hydrogens (tertiary/aromatic N) is 4. The number of anilines is 1. The van der Waals surface area contributed by atoms with Gasteiger partial charge in [0.15, 0.2) is 0 Å². The number of allylic oxidation sites excluding steroid dienone is 2. The molecular weight excluding hydrogens is 378 g/mol. The van der Waals surface area contributed by atoms with Gasteiger partial charge in [0, 0.05) is 63.8 Å². The minimum absolute atomic E-state index is 0.0925. The Morgan fingerprint density at radius 2 is 2.14 bits per heavy atom. The first kappa shape index (κ1) is 20.2. The van der Waals surface area contributed by atoms with Gasteiger partial charge in [-0.15, -0.1) is 0 Å². The summed E-state index contributed by atoms with van der Waals surface area (Å²) in [4.78, 5) is 21.2. The van der Waals surface area contributed by atoms with Crippen molar-refractivity contribution < 1.29 is 9.53 Å². The van der Waals surface area contributed by atoms with Crippen LogP contribution in [0.5, 0.6) is 5.75 Å². The molecule has 1 amide bonds. The molecule has 1 fully saturated rings. The predicted octanol–water partition coefficient (Wildman–Crippen LogP) is 2.31. The van der Waals surface area contributed by atoms with Gasteiger partial charge in [-0.1, -0.05) is 17.7 Å². The molecule has 0 saturated carbocycles. The summed E-state index contributed by atoms with van der Waals surface area (Å²) < 4.78 is 5.30. The summed E-state index contributed by atoms with van der Waals surface area (Å²) in [5.41, 5.74) is 5.02. The van der Waals surface area contributed by atoms with Crippen LogP contribution in [0.4, 0.5) is 5.69 Å². The summed E-state index contributed by atoms with van der Waals surface area (Å²) in [6, 6.07) is 5.76. The van der Waals surface area contributed by atoms with Gasteiger partial charge in [0.25, 0.3) is 0 Å². The Hall–Kier alpha value is -2.51. The Kier molecular flexibility index (Phi) is 6.95. The number of halogens is 1. The van der Waals surface area contributed by atoms with E-state index in [1.165, 1.54) is 0 Å². The van der Waals surface area contributed by atoms with Crippen LogP contribution in [0.25, 0.3) is 0 Å². The van der Waals surface area contributed by atoms with E-state index >= 15 is 0 Å². The lowest BCUT2D eigenvalue weighted by molar-refractivity contribution is -0.132. The summed E-state index contributed by atoms with van der Waals surface area (Å²) in [6.07, 6.45) is 8.37. The monoisotopic (exact) mass is 403 g/mol. The molecule has 0 aromatic heterocycles. The van der Waals surface area contributed by atoms with E-state index in [9.17, 15) is 4.79 Å². The first-order chi connectivity index (χ1) is 13.6. The molecule has 7 nitrogen and oxygen atoms in total. The molecule has 0 atom stereocenters. The van der Waals surface area contributed by atoms with Gasteiger partial charge < -0.3 is 19.5 Å². The average molecular weight is 404 g/mol. The number of nitrogens with one attached hydrogen (secondary N) is 1. The highest BCUT2D eigenvalue weighted by Gasteiger charge is 2.23. The van der Waals surface area contributed by atoms with Crippen molar-refractivity contribution in [2.75, 3.05) is 51.8 Å². The zero-order chi connectivity index (χ0) is 19.9. The first-order valence-corrected chi connectivity index (χ1v) is 9.68. The molecule has 8 heteroatoms. The molecular formula is C20H26ClN5O2. The normalized spacial score (nSPS) is 17.9. The van der Waals surface area contributed by atoms with Crippen molar-refractivity contribution in [1.82, 2.24) is 15.3 Å². The summed E-state index contributed by atoms with van der Waals surface area (Å²) in [7, 11) is 3.41. The molecule has 0 radical (unpaired) electrons. The third-order valence-electron chi connectivity index (χ3n) is 4.82. The van der Waals surface area contributed by atoms with Gasteiger partial charge in [-0.05, 0) is 18.2 Å². The Balaban J connectivity index is 1.54. The topological polar surface area (TPSA) is 60.4 Å². The number of methoxy groups -OCH3 is 1. The fourth-order valence-corrected chi connectivity index (χ4v) is 3.40. The smallest absolute Gasteiger partial charge is 0.243 e. The summed E-state index contributed by atoms with van der Waals surface area (Å²) in [5.74, 6) is 0.755. The van der Waals surface area contributed by atoms with Crippen molar-refractivity contribution in [2.45, 2.75) is 6.42 Å². The van der Waals surface area contributed by atoms with Crippen LogP contribution >= 0.6 is 11.6 Å². The Labute approximate surface area is 170 Å². The van der Waals surface area contributed by atoms with E-state index in [0.717, 1.165) is 30.9 Å². The van der Waals surface area contributed by atoms with E-state index in [1.54, 1.807) is 25.4 Å². The minimum atomic E-state index is 0.0925. The molecule has 2 aliphatic heterocycles. The van der Waals surface area contributed by atoms with Crippen LogP contribution in [0.15, 0.2) is 47.2 Å². The number of hydrogen-bond donors (Lipinski definition) is 1. The second-order valence-electron chi connectivity index (χ2n) is 6.57. The van der Waals surface area contributed by atoms with Gasteiger partial charge in [0.1, 0.15) is 12.3 Å². The molecule has 1 saturated heterocycles. The number of carbonyl (C=O) groups is 1. The molecule has 3 rings (SSSR count). The zero-order valence-corrected chi connectivity index (χ0v) is 17.0. The molecule has 28 heavy (non-hydrogen) atoms. The maximum atomic E-state index is 12.7. The predicted molar refractivity (Wildman–Crippen MR) is 113 cm³/mol. The number of hydrogen-bond acceptors (Lipinski definition) is 6. The van der Waals surface area contributed by atoms with Gasteiger partial charge >= 0.3 is 0 Å². The maximum Gasteiger partial charge on any atom is 0.243 e. The van der Waals surface area contributed by atoms with Crippen molar-refractivity contribution in [2.24, 2.45) is 4.99 Å². The lowest BCUT2D eigenvalue weighted by atomic mass is 10.2. The van der Waals surface area contributed by atoms with Crippen molar-refractivity contribution in [3.8, 4) is 5.75 Å². The number of aliphatic imine (C=N–C) groups is 1. The molecule has 2 heterocycles. The molecule has 150 valence electrons. The largest absolute Gasteiger partial charge is 0.495 e. The second kappa shape index (κ2) is 9.61. The van der Waals surface area contributed by atoms with Gasteiger partial charge in [-0.25, -0.2) is 5.43 Å². The average Bonchev–Trinajstić information content (AvgIpc) is 2.74. The Bertz CT molecular complexity index is 785. The summed E-state index contributed by atoms with van der Waals surface area (Å²) in [6.45, 7) is 3.17. The molecule has 0 unspecified atom stereocenters. The van der Waals surface area contributed by atoms with Gasteiger partial charge in [-0.3, -0.25) is 9.79 Å². The molecule has 0 spiro atoms. The zero-order valence-electron chi connectivity index (χ0n) is 16.3. The number of piperazine rings is 1. The number of rotatable bonds is 6. The highest BCUT2D eigenvalue weighted by atomic mass is 35.5. The fraction of sp³-hybridized carbons (Fsp3) is 0.400. The van der Waals surface area contributed by atoms with Crippen LogP contribution in [0.3, 0.4) is 0 Å². The van der Waals surface area contributed by atoms with Crippen molar-refractivity contribution in [3.63, 3.8) is 0 Å². The lowest BCUT2D eigenvalue weighted by Crippen LogP contribution is -2.51. The second-order valence-corrected chi connectivity index (χ2v) is 6.98. The molecule has 1 aromatic carbocycles. The highest BCUT2D eigenvalue weighted by molar-refractivity contribution is 6.32. The maximum absolute atomic E-state index is 12.7. The van der Waals surface area contributed by atoms with Crippen molar-refractivity contribution >= 4 is 29.4 Å². The molecule has 1 aromatic rings. The Morgan fingerprint density at radius 1 is 1.36 bits per heavy atom. The van der Waals surface area contributed by atoms with Gasteiger partial charge in [0.05, 0.1) is 17.8 Å². The molecule has 0 aliphatic carbocycles. The van der Waals surface area contributed by atoms with Gasteiger partial charge in [0.2, 0.25) is 5.91 Å². The molecule has 2 aliphatic rings. The van der Waals surface area contributed by atoms with E-state index in [1.807, 2.05) is 41.5 Å². The lowest BCUT2D eigenvalue weighted by Gasteiger charge is -2.37. The van der Waals surface area contributed by atoms with Crippen molar-refractivity contribution in [1.29, 1.82) is 0 Å². The number of amides is 1. The molecule has 0 bridgehead atoms. The van der Waals surface area contributed by atoms with Crippen LogP contribution in [-0.2, 0) is 4.79 Å². The van der Waals surface area contributed by atoms with E-state index < -0.39 is 0 Å². The van der Waals surface area contributed by atoms with Crippen LogP contribution in [-0.4, -0.2) is 68.9 Å². The number of hydrazine groups is 1. The standard InChI is InChI=1S/C20H26ClN5O2/c1-22-26(14-16-5-3-4-8-23-16)15-20(27)25-11-9-24(10-12-25)17-6-7-18(21)19(13-17)28-2/h3-4,6-8,13-14,22H,5,9-12,15H2,1-2H3/b16-14+. The number of ether oxygens (including phenoxy) is 1. The van der Waals surface area contributed by atoms with E-state index in [-0.39, 0.29) is 12.5 Å². The number of benzene rings is 1. The summed E-state index contributed by atoms with van der Waals surface area (Å²) >= 11 is 6.11. The SMILES string of the molecule is CNN(/C=C1\CC=CC=N1)CC(=O)N1CCN(c2ccc(Cl)c(OC)c2)CC1. The molecule has 1 N–H and O–H groups in total. The minimum Gasteiger partial charge on any atom is -0.495 e.